The molecule has 108 valence electrons. The number of carboxylic acids is 1. The molecule has 2 aromatic rings. The van der Waals surface area contributed by atoms with E-state index in [1.807, 2.05) is 0 Å². The SMILES string of the molecule is Cc1cc(NS(=O)(=O)c2c(Br)nnn2C)c(C(=O)O)[nH]1. The average molecular weight is 364 g/mol. The number of halogens is 1. The van der Waals surface area contributed by atoms with Crippen LogP contribution >= 0.6 is 15.9 Å². The molecule has 3 N–H and O–H groups in total. The number of H-pyrrole nitrogens is 1. The first-order valence-corrected chi connectivity index (χ1v) is 7.51. The summed E-state index contributed by atoms with van der Waals surface area (Å²) in [5, 5.41) is 15.9. The van der Waals surface area contributed by atoms with Gasteiger partial charge in [0.15, 0.2) is 4.60 Å². The van der Waals surface area contributed by atoms with Crippen molar-refractivity contribution in [2.45, 2.75) is 11.9 Å². The van der Waals surface area contributed by atoms with E-state index in [0.29, 0.717) is 5.69 Å². The Kier molecular flexibility index (Phi) is 3.56. The van der Waals surface area contributed by atoms with Gasteiger partial charge in [0.2, 0.25) is 5.03 Å². The fourth-order valence-electron chi connectivity index (χ4n) is 1.64. The van der Waals surface area contributed by atoms with Gasteiger partial charge >= 0.3 is 5.97 Å². The zero-order chi connectivity index (χ0) is 15.1. The molecule has 9 nitrogen and oxygen atoms in total. The number of carbonyl (C=O) groups is 1. The lowest BCUT2D eigenvalue weighted by molar-refractivity contribution is 0.0692. The first kappa shape index (κ1) is 14.5. The van der Waals surface area contributed by atoms with Crippen LogP contribution in [0.15, 0.2) is 15.7 Å². The molecule has 0 aromatic carbocycles. The lowest BCUT2D eigenvalue weighted by Crippen LogP contribution is -2.18. The van der Waals surface area contributed by atoms with Gasteiger partial charge in [-0.1, -0.05) is 5.21 Å². The topological polar surface area (TPSA) is 130 Å². The molecule has 2 aromatic heterocycles. The molecular weight excluding hydrogens is 354 g/mol. The molecule has 0 aliphatic heterocycles. The van der Waals surface area contributed by atoms with Crippen LogP contribution in [0.1, 0.15) is 16.2 Å². The number of aryl methyl sites for hydroxylation is 2. The number of hydrogen-bond acceptors (Lipinski definition) is 5. The third kappa shape index (κ3) is 2.54. The number of anilines is 1. The highest BCUT2D eigenvalue weighted by Gasteiger charge is 2.26. The molecule has 0 atom stereocenters. The third-order valence-electron chi connectivity index (χ3n) is 2.40. The lowest BCUT2D eigenvalue weighted by Gasteiger charge is -2.07. The zero-order valence-electron chi connectivity index (χ0n) is 10.4. The van der Waals surface area contributed by atoms with Gasteiger partial charge in [0.1, 0.15) is 5.69 Å². The Morgan fingerprint density at radius 1 is 1.55 bits per heavy atom. The van der Waals surface area contributed by atoms with E-state index in [-0.39, 0.29) is 21.0 Å². The van der Waals surface area contributed by atoms with E-state index in [4.69, 9.17) is 5.11 Å². The average Bonchev–Trinajstić information content (AvgIpc) is 2.82. The minimum atomic E-state index is -4.02. The minimum absolute atomic E-state index is 0.0385. The van der Waals surface area contributed by atoms with Gasteiger partial charge in [-0.25, -0.2) is 9.48 Å². The second-order valence-electron chi connectivity index (χ2n) is 3.96. The monoisotopic (exact) mass is 363 g/mol. The molecule has 0 radical (unpaired) electrons. The lowest BCUT2D eigenvalue weighted by atomic mass is 10.4. The molecule has 0 bridgehead atoms. The van der Waals surface area contributed by atoms with Crippen LogP contribution in [0.2, 0.25) is 0 Å². The van der Waals surface area contributed by atoms with Crippen molar-refractivity contribution >= 4 is 37.6 Å². The van der Waals surface area contributed by atoms with Crippen molar-refractivity contribution < 1.29 is 18.3 Å². The van der Waals surface area contributed by atoms with Crippen LogP contribution < -0.4 is 4.72 Å². The van der Waals surface area contributed by atoms with Crippen LogP contribution in [0.5, 0.6) is 0 Å². The van der Waals surface area contributed by atoms with E-state index >= 15 is 0 Å². The van der Waals surface area contributed by atoms with E-state index in [0.717, 1.165) is 4.68 Å². The summed E-state index contributed by atoms with van der Waals surface area (Å²) in [5.41, 5.74) is 0.225. The molecule has 0 saturated heterocycles. The Bertz CT molecular complexity index is 759. The van der Waals surface area contributed by atoms with E-state index in [1.165, 1.54) is 13.1 Å². The molecule has 0 aliphatic rings. The third-order valence-corrected chi connectivity index (χ3v) is 4.65. The number of aromatic nitrogens is 4. The summed E-state index contributed by atoms with van der Waals surface area (Å²) in [7, 11) is -2.61. The van der Waals surface area contributed by atoms with Crippen molar-refractivity contribution in [3.05, 3.63) is 22.1 Å². The number of sulfonamides is 1. The maximum absolute atomic E-state index is 12.2. The number of aromatic amines is 1. The standard InChI is InChI=1S/C9H10BrN5O4S/c1-4-3-5(6(11-4)9(16)17)13-20(18,19)8-7(10)12-14-15(8)2/h3,11,13H,1-2H3,(H,16,17). The van der Waals surface area contributed by atoms with Crippen LogP contribution in [0.3, 0.4) is 0 Å². The Morgan fingerprint density at radius 2 is 2.20 bits per heavy atom. The molecule has 2 rings (SSSR count). The summed E-state index contributed by atoms with van der Waals surface area (Å²) < 4.78 is 27.8. The van der Waals surface area contributed by atoms with E-state index < -0.39 is 16.0 Å². The van der Waals surface area contributed by atoms with Crippen molar-refractivity contribution in [3.63, 3.8) is 0 Å². The molecule has 11 heteroatoms. The molecule has 0 saturated carbocycles. The van der Waals surface area contributed by atoms with Crippen LogP contribution in [0.25, 0.3) is 0 Å². The van der Waals surface area contributed by atoms with Crippen molar-refractivity contribution in [2.24, 2.45) is 7.05 Å². The summed E-state index contributed by atoms with van der Waals surface area (Å²) in [4.78, 5) is 13.6. The summed E-state index contributed by atoms with van der Waals surface area (Å²) in [6.45, 7) is 1.62. The number of carboxylic acid groups (broad SMARTS) is 1. The van der Waals surface area contributed by atoms with Gasteiger partial charge in [-0.2, -0.15) is 8.42 Å². The molecule has 0 amide bonds. The van der Waals surface area contributed by atoms with Gasteiger partial charge in [-0.05, 0) is 28.9 Å². The number of hydrogen-bond donors (Lipinski definition) is 3. The quantitative estimate of drug-likeness (QED) is 0.733. The van der Waals surface area contributed by atoms with Gasteiger partial charge in [0.25, 0.3) is 10.0 Å². The molecule has 0 aliphatic carbocycles. The Morgan fingerprint density at radius 3 is 2.70 bits per heavy atom. The van der Waals surface area contributed by atoms with Crippen molar-refractivity contribution in [2.75, 3.05) is 4.72 Å². The zero-order valence-corrected chi connectivity index (χ0v) is 12.8. The predicted octanol–water partition coefficient (Wildman–Crippen LogP) is 0.713. The summed E-state index contributed by atoms with van der Waals surface area (Å²) in [6.07, 6.45) is 0. The number of aromatic carboxylic acids is 1. The van der Waals surface area contributed by atoms with E-state index in [9.17, 15) is 13.2 Å². The largest absolute Gasteiger partial charge is 0.477 e. The predicted molar refractivity (Wildman–Crippen MR) is 72.0 cm³/mol. The van der Waals surface area contributed by atoms with Crippen LogP contribution in [0, 0.1) is 6.92 Å². The maximum atomic E-state index is 12.2. The number of rotatable bonds is 4. The van der Waals surface area contributed by atoms with E-state index in [2.05, 4.69) is 35.9 Å². The molecule has 0 fully saturated rings. The Balaban J connectivity index is 2.47. The fourth-order valence-corrected chi connectivity index (χ4v) is 3.80. The van der Waals surface area contributed by atoms with Crippen molar-refractivity contribution in [1.82, 2.24) is 20.0 Å². The second-order valence-corrected chi connectivity index (χ2v) is 6.31. The highest BCUT2D eigenvalue weighted by molar-refractivity contribution is 9.10. The van der Waals surface area contributed by atoms with E-state index in [1.54, 1.807) is 6.92 Å². The first-order chi connectivity index (χ1) is 9.22. The summed E-state index contributed by atoms with van der Waals surface area (Å²) in [5.74, 6) is -1.27. The smallest absolute Gasteiger partial charge is 0.354 e. The highest BCUT2D eigenvalue weighted by atomic mass is 79.9. The van der Waals surface area contributed by atoms with Gasteiger partial charge in [-0.15, -0.1) is 5.10 Å². The van der Waals surface area contributed by atoms with Crippen molar-refractivity contribution in [1.29, 1.82) is 0 Å². The van der Waals surface area contributed by atoms with Crippen LogP contribution in [0.4, 0.5) is 5.69 Å². The summed E-state index contributed by atoms with van der Waals surface area (Å²) >= 11 is 2.98. The number of nitrogens with one attached hydrogen (secondary N) is 2. The van der Waals surface area contributed by atoms with Gasteiger partial charge in [-0.3, -0.25) is 4.72 Å². The van der Waals surface area contributed by atoms with Crippen LogP contribution in [-0.2, 0) is 17.1 Å². The molecular formula is C9H10BrN5O4S. The van der Waals surface area contributed by atoms with Gasteiger partial charge in [0, 0.05) is 12.7 Å². The van der Waals surface area contributed by atoms with Gasteiger partial charge < -0.3 is 10.1 Å². The van der Waals surface area contributed by atoms with Gasteiger partial charge in [0.05, 0.1) is 5.69 Å². The Hall–Kier alpha value is -1.88. The first-order valence-electron chi connectivity index (χ1n) is 5.23. The van der Waals surface area contributed by atoms with Crippen molar-refractivity contribution in [3.8, 4) is 0 Å². The molecule has 0 unspecified atom stereocenters. The summed E-state index contributed by atoms with van der Waals surface area (Å²) in [6, 6.07) is 1.39. The fraction of sp³-hybridized carbons (Fsp3) is 0.222. The number of nitrogens with zero attached hydrogens (tertiary/aromatic N) is 3. The molecule has 2 heterocycles. The minimum Gasteiger partial charge on any atom is -0.477 e. The molecule has 20 heavy (non-hydrogen) atoms. The van der Waals surface area contributed by atoms with Crippen LogP contribution in [-0.4, -0.2) is 39.5 Å². The normalized spacial score (nSPS) is 11.6. The molecule has 0 spiro atoms. The maximum Gasteiger partial charge on any atom is 0.354 e. The Labute approximate surface area is 122 Å². The highest BCUT2D eigenvalue weighted by Crippen LogP contribution is 2.24. The second kappa shape index (κ2) is 4.90.